The first-order chi connectivity index (χ1) is 12.6. The van der Waals surface area contributed by atoms with Crippen LogP contribution in [0.2, 0.25) is 0 Å². The number of hydrogen-bond donors (Lipinski definition) is 1. The van der Waals surface area contributed by atoms with E-state index in [0.29, 0.717) is 6.61 Å². The van der Waals surface area contributed by atoms with Crippen molar-refractivity contribution in [2.75, 3.05) is 33.8 Å². The van der Waals surface area contributed by atoms with Gasteiger partial charge in [-0.05, 0) is 38.8 Å². The lowest BCUT2D eigenvalue weighted by molar-refractivity contribution is 0.281. The van der Waals surface area contributed by atoms with Crippen molar-refractivity contribution in [2.45, 2.75) is 33.2 Å². The van der Waals surface area contributed by atoms with Crippen LogP contribution in [0.15, 0.2) is 41.7 Å². The van der Waals surface area contributed by atoms with E-state index in [1.807, 2.05) is 45.5 Å². The summed E-state index contributed by atoms with van der Waals surface area (Å²) in [5, 5.41) is 3.42. The summed E-state index contributed by atoms with van der Waals surface area (Å²) in [6.07, 6.45) is 6.08. The van der Waals surface area contributed by atoms with Crippen LogP contribution in [0.25, 0.3) is 0 Å². The molecule has 0 saturated carbocycles. The molecule has 2 aromatic rings. The number of aliphatic imine (C=N–C) groups is 1. The molecule has 26 heavy (non-hydrogen) atoms. The first kappa shape index (κ1) is 19.8. The number of unbranched alkanes of at least 4 members (excludes halogenated alkanes) is 1. The van der Waals surface area contributed by atoms with Gasteiger partial charge in [-0.1, -0.05) is 17.7 Å². The zero-order chi connectivity index (χ0) is 18.8. The molecule has 1 N–H and O–H groups in total. The second kappa shape index (κ2) is 10.5. The Labute approximate surface area is 156 Å². The minimum absolute atomic E-state index is 0.625. The van der Waals surface area contributed by atoms with Gasteiger partial charge in [0, 0.05) is 39.6 Å². The van der Waals surface area contributed by atoms with Gasteiger partial charge in [0.15, 0.2) is 5.96 Å². The van der Waals surface area contributed by atoms with Crippen molar-refractivity contribution in [3.63, 3.8) is 0 Å². The van der Waals surface area contributed by atoms with Crippen LogP contribution < -0.4 is 10.1 Å². The minimum Gasteiger partial charge on any atom is -0.492 e. The Hall–Kier alpha value is -2.50. The van der Waals surface area contributed by atoms with Gasteiger partial charge < -0.3 is 19.5 Å². The van der Waals surface area contributed by atoms with E-state index in [1.165, 1.54) is 5.56 Å². The number of rotatable bonds is 9. The zero-order valence-corrected chi connectivity index (χ0v) is 16.4. The number of benzene rings is 1. The Morgan fingerprint density at radius 3 is 2.65 bits per heavy atom. The predicted molar refractivity (Wildman–Crippen MR) is 107 cm³/mol. The average molecular weight is 358 g/mol. The molecular weight excluding hydrogens is 326 g/mol. The zero-order valence-electron chi connectivity index (χ0n) is 16.4. The summed E-state index contributed by atoms with van der Waals surface area (Å²) in [5.41, 5.74) is 1.24. The lowest BCUT2D eigenvalue weighted by atomic mass is 10.2. The average Bonchev–Trinajstić information content (AvgIpc) is 3.04. The largest absolute Gasteiger partial charge is 0.492 e. The normalized spacial score (nSPS) is 11.5. The number of nitrogens with one attached hydrogen (secondary N) is 1. The van der Waals surface area contributed by atoms with E-state index in [1.54, 1.807) is 0 Å². The standard InChI is InChI=1S/C20H31N5O/c1-17-7-9-19(10-8-17)26-16-15-24(4)20(21-3)23-11-5-6-13-25-14-12-22-18(25)2/h7-10,12,14H,5-6,11,13,15-16H2,1-4H3,(H,21,23). The first-order valence-electron chi connectivity index (χ1n) is 9.19. The summed E-state index contributed by atoms with van der Waals surface area (Å²) in [4.78, 5) is 10.7. The van der Waals surface area contributed by atoms with Gasteiger partial charge in [0.1, 0.15) is 18.2 Å². The van der Waals surface area contributed by atoms with Gasteiger partial charge in [-0.25, -0.2) is 4.98 Å². The number of guanidine groups is 1. The second-order valence-corrected chi connectivity index (χ2v) is 6.43. The third-order valence-corrected chi connectivity index (χ3v) is 4.32. The highest BCUT2D eigenvalue weighted by Crippen LogP contribution is 2.11. The fourth-order valence-electron chi connectivity index (χ4n) is 2.67. The molecule has 1 heterocycles. The van der Waals surface area contributed by atoms with Crippen molar-refractivity contribution < 1.29 is 4.74 Å². The SMILES string of the molecule is CN=C(NCCCCn1ccnc1C)N(C)CCOc1ccc(C)cc1. The van der Waals surface area contributed by atoms with E-state index in [4.69, 9.17) is 4.74 Å². The van der Waals surface area contributed by atoms with Gasteiger partial charge in [0.2, 0.25) is 0 Å². The fourth-order valence-corrected chi connectivity index (χ4v) is 2.67. The molecule has 2 rings (SSSR count). The smallest absolute Gasteiger partial charge is 0.193 e. The Morgan fingerprint density at radius 1 is 1.23 bits per heavy atom. The van der Waals surface area contributed by atoms with E-state index in [-0.39, 0.29) is 0 Å². The van der Waals surface area contributed by atoms with Crippen molar-refractivity contribution >= 4 is 5.96 Å². The molecule has 0 aliphatic carbocycles. The fraction of sp³-hybridized carbons (Fsp3) is 0.500. The molecule has 0 aliphatic rings. The van der Waals surface area contributed by atoms with Crippen LogP contribution in [-0.2, 0) is 6.54 Å². The molecule has 0 atom stereocenters. The van der Waals surface area contributed by atoms with Crippen LogP contribution in [0.3, 0.4) is 0 Å². The van der Waals surface area contributed by atoms with E-state index in [0.717, 1.165) is 50.0 Å². The lowest BCUT2D eigenvalue weighted by Gasteiger charge is -2.22. The van der Waals surface area contributed by atoms with Crippen LogP contribution in [0.4, 0.5) is 0 Å². The molecule has 0 aliphatic heterocycles. The van der Waals surface area contributed by atoms with Gasteiger partial charge in [0.25, 0.3) is 0 Å². The van der Waals surface area contributed by atoms with Crippen LogP contribution in [0.1, 0.15) is 24.2 Å². The summed E-state index contributed by atoms with van der Waals surface area (Å²) in [6, 6.07) is 8.13. The molecule has 0 saturated heterocycles. The molecule has 142 valence electrons. The minimum atomic E-state index is 0.625. The molecule has 0 amide bonds. The van der Waals surface area contributed by atoms with E-state index < -0.39 is 0 Å². The number of likely N-dealkylation sites (N-methyl/N-ethyl adjacent to an activating group) is 1. The highest BCUT2D eigenvalue weighted by molar-refractivity contribution is 5.79. The number of imidazole rings is 1. The van der Waals surface area contributed by atoms with Crippen molar-refractivity contribution in [3.05, 3.63) is 48.0 Å². The summed E-state index contributed by atoms with van der Waals surface area (Å²) in [5.74, 6) is 2.88. The molecule has 0 fully saturated rings. The van der Waals surface area contributed by atoms with Crippen molar-refractivity contribution in [1.29, 1.82) is 0 Å². The van der Waals surface area contributed by atoms with Crippen molar-refractivity contribution in [2.24, 2.45) is 4.99 Å². The maximum Gasteiger partial charge on any atom is 0.193 e. The maximum atomic E-state index is 5.79. The lowest BCUT2D eigenvalue weighted by Crippen LogP contribution is -2.41. The molecule has 0 spiro atoms. The Balaban J connectivity index is 1.62. The number of aromatic nitrogens is 2. The number of ether oxygens (including phenoxy) is 1. The monoisotopic (exact) mass is 357 g/mol. The summed E-state index contributed by atoms with van der Waals surface area (Å²) in [7, 11) is 3.84. The van der Waals surface area contributed by atoms with Crippen LogP contribution in [0.5, 0.6) is 5.75 Å². The van der Waals surface area contributed by atoms with Gasteiger partial charge in [-0.15, -0.1) is 0 Å². The van der Waals surface area contributed by atoms with Gasteiger partial charge in [-0.2, -0.15) is 0 Å². The molecule has 1 aromatic heterocycles. The molecule has 0 radical (unpaired) electrons. The Kier molecular flexibility index (Phi) is 7.99. The van der Waals surface area contributed by atoms with Gasteiger partial charge in [0.05, 0.1) is 6.54 Å². The summed E-state index contributed by atoms with van der Waals surface area (Å²) >= 11 is 0. The summed E-state index contributed by atoms with van der Waals surface area (Å²) in [6.45, 7) is 7.43. The topological polar surface area (TPSA) is 54.7 Å². The highest BCUT2D eigenvalue weighted by Gasteiger charge is 2.05. The maximum absolute atomic E-state index is 5.79. The molecule has 0 unspecified atom stereocenters. The number of aryl methyl sites for hydroxylation is 3. The first-order valence-corrected chi connectivity index (χ1v) is 9.19. The number of nitrogens with zero attached hydrogens (tertiary/aromatic N) is 4. The van der Waals surface area contributed by atoms with E-state index in [9.17, 15) is 0 Å². The Bertz CT molecular complexity index is 678. The van der Waals surface area contributed by atoms with Gasteiger partial charge >= 0.3 is 0 Å². The second-order valence-electron chi connectivity index (χ2n) is 6.43. The molecule has 6 nitrogen and oxygen atoms in total. The van der Waals surface area contributed by atoms with Gasteiger partial charge in [-0.3, -0.25) is 4.99 Å². The molecule has 6 heteroatoms. The van der Waals surface area contributed by atoms with Crippen LogP contribution >= 0.6 is 0 Å². The number of hydrogen-bond acceptors (Lipinski definition) is 3. The molecule has 0 bridgehead atoms. The third kappa shape index (κ3) is 6.43. The van der Waals surface area contributed by atoms with Crippen LogP contribution in [0, 0.1) is 13.8 Å². The predicted octanol–water partition coefficient (Wildman–Crippen LogP) is 2.87. The Morgan fingerprint density at radius 2 is 2.00 bits per heavy atom. The molecular formula is C20H31N5O. The summed E-state index contributed by atoms with van der Waals surface area (Å²) < 4.78 is 7.97. The highest BCUT2D eigenvalue weighted by atomic mass is 16.5. The van der Waals surface area contributed by atoms with Crippen molar-refractivity contribution in [3.8, 4) is 5.75 Å². The quantitative estimate of drug-likeness (QED) is 0.426. The molecule has 1 aromatic carbocycles. The van der Waals surface area contributed by atoms with E-state index >= 15 is 0 Å². The van der Waals surface area contributed by atoms with Crippen molar-refractivity contribution in [1.82, 2.24) is 19.8 Å². The van der Waals surface area contributed by atoms with E-state index in [2.05, 4.69) is 43.8 Å². The third-order valence-electron chi connectivity index (χ3n) is 4.32. The van der Waals surface area contributed by atoms with Crippen LogP contribution in [-0.4, -0.2) is 54.2 Å².